The fraction of sp³-hybridized carbons (Fsp3) is 0.533. The summed E-state index contributed by atoms with van der Waals surface area (Å²) >= 11 is 0. The number of nitrogens with zero attached hydrogens (tertiary/aromatic N) is 2. The number of nitrogens with one attached hydrogen (secondary N) is 1. The lowest BCUT2D eigenvalue weighted by atomic mass is 10.0. The molecule has 5 nitrogen and oxygen atoms in total. The summed E-state index contributed by atoms with van der Waals surface area (Å²) in [6, 6.07) is 6.07. The van der Waals surface area contributed by atoms with E-state index in [1.807, 2.05) is 24.0 Å². The summed E-state index contributed by atoms with van der Waals surface area (Å²) in [4.78, 5) is 15.3. The molecule has 20 heavy (non-hydrogen) atoms. The minimum atomic E-state index is 0.0800. The van der Waals surface area contributed by atoms with Gasteiger partial charge in [-0.3, -0.25) is 0 Å². The highest BCUT2D eigenvalue weighted by atomic mass is 16.3. The number of carbonyl (C=O) groups is 1. The second-order valence-electron chi connectivity index (χ2n) is 5.58. The van der Waals surface area contributed by atoms with Crippen LogP contribution in [-0.4, -0.2) is 54.2 Å². The van der Waals surface area contributed by atoms with Gasteiger partial charge in [-0.2, -0.15) is 0 Å². The second-order valence-corrected chi connectivity index (χ2v) is 5.58. The number of aryl methyl sites for hydroxylation is 1. The van der Waals surface area contributed by atoms with Gasteiger partial charge in [0.15, 0.2) is 0 Å². The van der Waals surface area contributed by atoms with Crippen LogP contribution in [0.2, 0.25) is 0 Å². The van der Waals surface area contributed by atoms with Gasteiger partial charge >= 0.3 is 6.03 Å². The molecule has 1 aromatic carbocycles. The first-order valence-corrected chi connectivity index (χ1v) is 7.00. The topological polar surface area (TPSA) is 55.8 Å². The average Bonchev–Trinajstić information content (AvgIpc) is 2.43. The van der Waals surface area contributed by atoms with Gasteiger partial charge in [0.05, 0.1) is 0 Å². The van der Waals surface area contributed by atoms with Crippen LogP contribution in [-0.2, 0) is 0 Å². The maximum atomic E-state index is 11.8. The van der Waals surface area contributed by atoms with Crippen molar-refractivity contribution in [3.63, 3.8) is 0 Å². The number of carbonyl (C=O) groups excluding carboxylic acids is 1. The molecular formula is C15H23N3O2. The van der Waals surface area contributed by atoms with Crippen LogP contribution < -0.4 is 5.32 Å². The minimum Gasteiger partial charge on any atom is -0.508 e. The monoisotopic (exact) mass is 277 g/mol. The van der Waals surface area contributed by atoms with Gasteiger partial charge in [-0.1, -0.05) is 6.07 Å². The summed E-state index contributed by atoms with van der Waals surface area (Å²) in [7, 11) is 3.56. The Bertz CT molecular complexity index is 480. The molecule has 0 radical (unpaired) electrons. The van der Waals surface area contributed by atoms with Gasteiger partial charge in [-0.25, -0.2) is 4.79 Å². The van der Waals surface area contributed by atoms with Crippen LogP contribution in [0.1, 0.15) is 18.4 Å². The molecule has 1 fully saturated rings. The Hall–Kier alpha value is -1.91. The number of phenols is 1. The summed E-state index contributed by atoms with van der Waals surface area (Å²) in [5.74, 6) is 0.315. The van der Waals surface area contributed by atoms with Crippen molar-refractivity contribution in [2.75, 3.05) is 32.5 Å². The van der Waals surface area contributed by atoms with Gasteiger partial charge < -0.3 is 20.2 Å². The van der Waals surface area contributed by atoms with Crippen molar-refractivity contribution >= 4 is 11.7 Å². The first-order valence-electron chi connectivity index (χ1n) is 7.00. The molecule has 2 N–H and O–H groups in total. The summed E-state index contributed by atoms with van der Waals surface area (Å²) in [5.41, 5.74) is 1.81. The van der Waals surface area contributed by atoms with Crippen molar-refractivity contribution < 1.29 is 9.90 Å². The Morgan fingerprint density at radius 3 is 2.55 bits per heavy atom. The Morgan fingerprint density at radius 1 is 1.35 bits per heavy atom. The standard InChI is InChI=1S/C15H23N3O2/c1-11-4-5-13(10-14(11)19)16-12-6-8-18(9-7-12)15(20)17(2)3/h4-5,10,12,16,19H,6-9H2,1-3H3. The van der Waals surface area contributed by atoms with Crippen LogP contribution in [0.25, 0.3) is 0 Å². The number of aromatic hydroxyl groups is 1. The smallest absolute Gasteiger partial charge is 0.319 e. The highest BCUT2D eigenvalue weighted by Crippen LogP contribution is 2.23. The molecule has 0 bridgehead atoms. The predicted octanol–water partition coefficient (Wildman–Crippen LogP) is 2.26. The molecule has 0 aliphatic carbocycles. The van der Waals surface area contributed by atoms with E-state index in [0.29, 0.717) is 11.8 Å². The zero-order valence-electron chi connectivity index (χ0n) is 12.4. The maximum absolute atomic E-state index is 11.8. The van der Waals surface area contributed by atoms with Gasteiger partial charge in [0, 0.05) is 45.0 Å². The highest BCUT2D eigenvalue weighted by Gasteiger charge is 2.23. The molecule has 1 aliphatic heterocycles. The molecule has 2 amide bonds. The fourth-order valence-corrected chi connectivity index (χ4v) is 2.43. The first-order chi connectivity index (χ1) is 9.47. The van der Waals surface area contributed by atoms with Gasteiger partial charge in [0.2, 0.25) is 0 Å². The van der Waals surface area contributed by atoms with E-state index in [1.165, 1.54) is 0 Å². The Balaban J connectivity index is 1.88. The normalized spacial score (nSPS) is 16.1. The number of hydrogen-bond acceptors (Lipinski definition) is 3. The number of phenolic OH excluding ortho intramolecular Hbond substituents is 1. The Morgan fingerprint density at radius 2 is 2.00 bits per heavy atom. The largest absolute Gasteiger partial charge is 0.508 e. The summed E-state index contributed by atoms with van der Waals surface area (Å²) in [6.45, 7) is 3.42. The van der Waals surface area contributed by atoms with Crippen LogP contribution in [0.4, 0.5) is 10.5 Å². The molecule has 0 atom stereocenters. The van der Waals surface area contributed by atoms with Crippen molar-refractivity contribution in [3.8, 4) is 5.75 Å². The summed E-state index contributed by atoms with van der Waals surface area (Å²) < 4.78 is 0. The number of anilines is 1. The van der Waals surface area contributed by atoms with Gasteiger partial charge in [0.1, 0.15) is 5.75 Å². The van der Waals surface area contributed by atoms with Crippen molar-refractivity contribution in [2.45, 2.75) is 25.8 Å². The molecule has 1 aliphatic rings. The second kappa shape index (κ2) is 6.03. The third kappa shape index (κ3) is 3.35. The highest BCUT2D eigenvalue weighted by molar-refractivity contribution is 5.73. The van der Waals surface area contributed by atoms with Crippen LogP contribution in [0.3, 0.4) is 0 Å². The molecular weight excluding hydrogens is 254 g/mol. The predicted molar refractivity (Wildman–Crippen MR) is 80.1 cm³/mol. The van der Waals surface area contributed by atoms with Crippen LogP contribution in [0, 0.1) is 6.92 Å². The molecule has 0 spiro atoms. The Kier molecular flexibility index (Phi) is 4.37. The van der Waals surface area contributed by atoms with E-state index >= 15 is 0 Å². The van der Waals surface area contributed by atoms with Crippen molar-refractivity contribution in [1.82, 2.24) is 9.80 Å². The van der Waals surface area contributed by atoms with Gasteiger partial charge in [-0.05, 0) is 31.4 Å². The molecule has 1 aromatic rings. The van der Waals surface area contributed by atoms with E-state index in [9.17, 15) is 9.90 Å². The lowest BCUT2D eigenvalue weighted by molar-refractivity contribution is 0.158. The molecule has 1 heterocycles. The maximum Gasteiger partial charge on any atom is 0.319 e. The molecule has 1 saturated heterocycles. The first kappa shape index (κ1) is 14.5. The SMILES string of the molecule is Cc1ccc(NC2CCN(C(=O)N(C)C)CC2)cc1O. The average molecular weight is 277 g/mol. The van der Waals surface area contributed by atoms with Gasteiger partial charge in [0.25, 0.3) is 0 Å². The van der Waals surface area contributed by atoms with Gasteiger partial charge in [-0.15, -0.1) is 0 Å². The van der Waals surface area contributed by atoms with Crippen LogP contribution in [0.5, 0.6) is 5.75 Å². The zero-order valence-corrected chi connectivity index (χ0v) is 12.4. The number of hydrogen-bond donors (Lipinski definition) is 2. The quantitative estimate of drug-likeness (QED) is 0.872. The Labute approximate surface area is 120 Å². The minimum absolute atomic E-state index is 0.0800. The van der Waals surface area contributed by atoms with E-state index in [0.717, 1.165) is 37.2 Å². The number of amides is 2. The van der Waals surface area contributed by atoms with E-state index in [-0.39, 0.29) is 6.03 Å². The van der Waals surface area contributed by atoms with E-state index in [2.05, 4.69) is 5.32 Å². The molecule has 110 valence electrons. The molecule has 5 heteroatoms. The third-order valence-corrected chi connectivity index (χ3v) is 3.73. The molecule has 0 unspecified atom stereocenters. The van der Waals surface area contributed by atoms with E-state index in [1.54, 1.807) is 25.1 Å². The van der Waals surface area contributed by atoms with Crippen LogP contribution >= 0.6 is 0 Å². The number of urea groups is 1. The molecule has 2 rings (SSSR count). The lowest BCUT2D eigenvalue weighted by Gasteiger charge is -2.34. The summed E-state index contributed by atoms with van der Waals surface area (Å²) in [6.07, 6.45) is 1.85. The van der Waals surface area contributed by atoms with E-state index < -0.39 is 0 Å². The van der Waals surface area contributed by atoms with Crippen molar-refractivity contribution in [2.24, 2.45) is 0 Å². The lowest BCUT2D eigenvalue weighted by Crippen LogP contribution is -2.46. The number of piperidine rings is 1. The molecule has 0 saturated carbocycles. The molecule has 0 aromatic heterocycles. The summed E-state index contributed by atoms with van der Waals surface area (Å²) in [5, 5.41) is 13.1. The van der Waals surface area contributed by atoms with Crippen LogP contribution in [0.15, 0.2) is 18.2 Å². The van der Waals surface area contributed by atoms with Crippen molar-refractivity contribution in [3.05, 3.63) is 23.8 Å². The number of rotatable bonds is 2. The fourth-order valence-electron chi connectivity index (χ4n) is 2.43. The number of likely N-dealkylation sites (tertiary alicyclic amines) is 1. The zero-order chi connectivity index (χ0) is 14.7. The third-order valence-electron chi connectivity index (χ3n) is 3.73. The van der Waals surface area contributed by atoms with Crippen molar-refractivity contribution in [1.29, 1.82) is 0 Å². The van der Waals surface area contributed by atoms with E-state index in [4.69, 9.17) is 0 Å². The number of benzene rings is 1.